The fourth-order valence-electron chi connectivity index (χ4n) is 1.31. The van der Waals surface area contributed by atoms with Crippen molar-refractivity contribution in [2.45, 2.75) is 4.90 Å². The van der Waals surface area contributed by atoms with Gasteiger partial charge in [-0.15, -0.1) is 0 Å². The van der Waals surface area contributed by atoms with Crippen LogP contribution >= 0.6 is 11.6 Å². The molecule has 0 saturated carbocycles. The average Bonchev–Trinajstić information content (AvgIpc) is 2.35. The van der Waals surface area contributed by atoms with Gasteiger partial charge in [-0.05, 0) is 12.1 Å². The van der Waals surface area contributed by atoms with Crippen molar-refractivity contribution in [2.24, 2.45) is 0 Å². The fourth-order valence-corrected chi connectivity index (χ4v) is 2.67. The number of benzene rings is 1. The first kappa shape index (κ1) is 15.8. The SMILES string of the molecule is COCCN(C)S(=O)(=O)c1ccc(Cl)c([N+](=O)[O-])c1. The highest BCUT2D eigenvalue weighted by Gasteiger charge is 2.24. The molecule has 0 aliphatic carbocycles. The summed E-state index contributed by atoms with van der Waals surface area (Å²) in [6.07, 6.45) is 0. The van der Waals surface area contributed by atoms with Gasteiger partial charge in [-0.3, -0.25) is 10.1 Å². The van der Waals surface area contributed by atoms with Gasteiger partial charge in [0, 0.05) is 26.8 Å². The van der Waals surface area contributed by atoms with Crippen LogP contribution in [0.2, 0.25) is 5.02 Å². The predicted octanol–water partition coefficient (Wildman–Crippen LogP) is 1.52. The number of ether oxygens (including phenoxy) is 1. The van der Waals surface area contributed by atoms with E-state index in [1.54, 1.807) is 0 Å². The van der Waals surface area contributed by atoms with E-state index in [1.165, 1.54) is 26.3 Å². The lowest BCUT2D eigenvalue weighted by Gasteiger charge is -2.16. The number of nitro groups is 1. The zero-order chi connectivity index (χ0) is 14.6. The van der Waals surface area contributed by atoms with E-state index < -0.39 is 20.6 Å². The first-order valence-electron chi connectivity index (χ1n) is 5.20. The average molecular weight is 309 g/mol. The normalized spacial score (nSPS) is 11.8. The lowest BCUT2D eigenvalue weighted by Crippen LogP contribution is -2.30. The molecule has 9 heteroatoms. The Labute approximate surface area is 115 Å². The Kier molecular flexibility index (Phi) is 5.24. The number of likely N-dealkylation sites (N-methyl/N-ethyl adjacent to an activating group) is 1. The second kappa shape index (κ2) is 6.29. The van der Waals surface area contributed by atoms with Crippen molar-refractivity contribution in [3.63, 3.8) is 0 Å². The topological polar surface area (TPSA) is 89.8 Å². The third kappa shape index (κ3) is 3.63. The molecular formula is C10H13ClN2O5S. The lowest BCUT2D eigenvalue weighted by molar-refractivity contribution is -0.384. The van der Waals surface area contributed by atoms with E-state index in [-0.39, 0.29) is 23.1 Å². The summed E-state index contributed by atoms with van der Waals surface area (Å²) in [5.74, 6) is 0. The maximum atomic E-state index is 12.1. The van der Waals surface area contributed by atoms with Crippen LogP contribution in [0.3, 0.4) is 0 Å². The van der Waals surface area contributed by atoms with Crippen molar-refractivity contribution < 1.29 is 18.1 Å². The molecule has 0 aliphatic heterocycles. The van der Waals surface area contributed by atoms with E-state index in [9.17, 15) is 18.5 Å². The molecule has 1 aromatic rings. The van der Waals surface area contributed by atoms with Crippen molar-refractivity contribution in [2.75, 3.05) is 27.3 Å². The van der Waals surface area contributed by atoms with Crippen molar-refractivity contribution in [3.05, 3.63) is 33.3 Å². The van der Waals surface area contributed by atoms with Crippen LogP contribution in [0, 0.1) is 10.1 Å². The number of hydrogen-bond acceptors (Lipinski definition) is 5. The quantitative estimate of drug-likeness (QED) is 0.587. The van der Waals surface area contributed by atoms with E-state index in [4.69, 9.17) is 16.3 Å². The van der Waals surface area contributed by atoms with Gasteiger partial charge >= 0.3 is 0 Å². The summed E-state index contributed by atoms with van der Waals surface area (Å²) in [5, 5.41) is 10.6. The van der Waals surface area contributed by atoms with Gasteiger partial charge in [0.25, 0.3) is 5.69 Å². The highest BCUT2D eigenvalue weighted by molar-refractivity contribution is 7.89. The Morgan fingerprint density at radius 1 is 1.47 bits per heavy atom. The van der Waals surface area contributed by atoms with Gasteiger partial charge in [0.05, 0.1) is 16.4 Å². The Morgan fingerprint density at radius 3 is 2.63 bits per heavy atom. The standard InChI is InChI=1S/C10H13ClN2O5S/c1-12(5-6-18-2)19(16,17)8-3-4-9(11)10(7-8)13(14)15/h3-4,7H,5-6H2,1-2H3. The van der Waals surface area contributed by atoms with Crippen LogP contribution in [0.1, 0.15) is 0 Å². The molecule has 0 aromatic heterocycles. The second-order valence-electron chi connectivity index (χ2n) is 3.69. The summed E-state index contributed by atoms with van der Waals surface area (Å²) in [6, 6.07) is 3.37. The highest BCUT2D eigenvalue weighted by Crippen LogP contribution is 2.28. The Morgan fingerprint density at radius 2 is 2.11 bits per heavy atom. The van der Waals surface area contributed by atoms with Crippen molar-refractivity contribution in [1.82, 2.24) is 4.31 Å². The molecule has 0 spiro atoms. The second-order valence-corrected chi connectivity index (χ2v) is 6.14. The molecule has 1 rings (SSSR count). The zero-order valence-corrected chi connectivity index (χ0v) is 11.9. The summed E-state index contributed by atoms with van der Waals surface area (Å²) in [4.78, 5) is 9.83. The van der Waals surface area contributed by atoms with Gasteiger partial charge in [0.2, 0.25) is 10.0 Å². The Hall–Kier alpha value is -1.22. The van der Waals surface area contributed by atoms with Gasteiger partial charge in [0.15, 0.2) is 0 Å². The number of nitro benzene ring substituents is 1. The van der Waals surface area contributed by atoms with Gasteiger partial charge in [0.1, 0.15) is 5.02 Å². The van der Waals surface area contributed by atoms with E-state index in [2.05, 4.69) is 0 Å². The molecule has 0 N–H and O–H groups in total. The van der Waals surface area contributed by atoms with E-state index in [0.717, 1.165) is 10.4 Å². The van der Waals surface area contributed by atoms with Crippen molar-refractivity contribution in [1.29, 1.82) is 0 Å². The van der Waals surface area contributed by atoms with Crippen LogP contribution in [0.5, 0.6) is 0 Å². The predicted molar refractivity (Wildman–Crippen MR) is 69.8 cm³/mol. The van der Waals surface area contributed by atoms with Crippen LogP contribution in [0.15, 0.2) is 23.1 Å². The molecule has 0 fully saturated rings. The summed E-state index contributed by atoms with van der Waals surface area (Å²) >= 11 is 5.63. The van der Waals surface area contributed by atoms with Crippen molar-refractivity contribution in [3.8, 4) is 0 Å². The Balaban J connectivity index is 3.15. The zero-order valence-electron chi connectivity index (χ0n) is 10.4. The minimum absolute atomic E-state index is 0.108. The molecule has 0 heterocycles. The molecular weight excluding hydrogens is 296 g/mol. The van der Waals surface area contributed by atoms with Gasteiger partial charge < -0.3 is 4.74 Å². The molecule has 106 valence electrons. The maximum Gasteiger partial charge on any atom is 0.289 e. The molecule has 0 aliphatic rings. The number of hydrogen-bond donors (Lipinski definition) is 0. The minimum Gasteiger partial charge on any atom is -0.383 e. The molecule has 19 heavy (non-hydrogen) atoms. The fraction of sp³-hybridized carbons (Fsp3) is 0.400. The molecule has 0 atom stereocenters. The first-order valence-corrected chi connectivity index (χ1v) is 7.01. The monoisotopic (exact) mass is 308 g/mol. The number of methoxy groups -OCH3 is 1. The van der Waals surface area contributed by atoms with Crippen LogP contribution < -0.4 is 0 Å². The highest BCUT2D eigenvalue weighted by atomic mass is 35.5. The molecule has 1 aromatic carbocycles. The van der Waals surface area contributed by atoms with Gasteiger partial charge in [-0.2, -0.15) is 4.31 Å². The summed E-state index contributed by atoms with van der Waals surface area (Å²) in [7, 11) is -0.972. The lowest BCUT2D eigenvalue weighted by atomic mass is 10.3. The van der Waals surface area contributed by atoms with Crippen molar-refractivity contribution >= 4 is 27.3 Å². The summed E-state index contributed by atoms with van der Waals surface area (Å²) < 4.78 is 30.1. The van der Waals surface area contributed by atoms with E-state index in [1.807, 2.05) is 0 Å². The third-order valence-corrected chi connectivity index (χ3v) is 4.61. The summed E-state index contributed by atoms with van der Waals surface area (Å²) in [5.41, 5.74) is -0.442. The van der Waals surface area contributed by atoms with Crippen LogP contribution in [0.4, 0.5) is 5.69 Å². The van der Waals surface area contributed by atoms with E-state index in [0.29, 0.717) is 0 Å². The minimum atomic E-state index is -3.79. The molecule has 0 saturated heterocycles. The number of sulfonamides is 1. The molecule has 0 unspecified atom stereocenters. The van der Waals surface area contributed by atoms with Gasteiger partial charge in [-0.1, -0.05) is 11.6 Å². The molecule has 0 bridgehead atoms. The van der Waals surface area contributed by atoms with Crippen LogP contribution in [-0.4, -0.2) is 45.0 Å². The number of halogens is 1. The third-order valence-electron chi connectivity index (χ3n) is 2.43. The molecule has 0 amide bonds. The maximum absolute atomic E-state index is 12.1. The van der Waals surface area contributed by atoms with Crippen LogP contribution in [0.25, 0.3) is 0 Å². The smallest absolute Gasteiger partial charge is 0.289 e. The Bertz CT molecular complexity index is 575. The number of rotatable bonds is 6. The number of nitrogens with zero attached hydrogens (tertiary/aromatic N) is 2. The first-order chi connectivity index (χ1) is 8.80. The summed E-state index contributed by atoms with van der Waals surface area (Å²) in [6.45, 7) is 0.376. The van der Waals surface area contributed by atoms with Gasteiger partial charge in [-0.25, -0.2) is 8.42 Å². The molecule has 7 nitrogen and oxygen atoms in total. The van der Waals surface area contributed by atoms with Crippen LogP contribution in [-0.2, 0) is 14.8 Å². The largest absolute Gasteiger partial charge is 0.383 e. The molecule has 0 radical (unpaired) electrons. The van der Waals surface area contributed by atoms with E-state index >= 15 is 0 Å².